The van der Waals surface area contributed by atoms with Crippen LogP contribution < -0.4 is 4.90 Å². The highest BCUT2D eigenvalue weighted by molar-refractivity contribution is 6.11. The first-order valence-corrected chi connectivity index (χ1v) is 23.3. The van der Waals surface area contributed by atoms with E-state index in [1.54, 1.807) is 0 Å². The van der Waals surface area contributed by atoms with E-state index in [4.69, 9.17) is 0 Å². The third kappa shape index (κ3) is 5.61. The molecule has 1 aromatic heterocycles. The molecule has 0 aliphatic heterocycles. The smallest absolute Gasteiger partial charge is 0.0543 e. The van der Waals surface area contributed by atoms with Crippen LogP contribution in [0, 0.1) is 0 Å². The highest BCUT2D eigenvalue weighted by Crippen LogP contribution is 2.59. The molecule has 2 aliphatic carbocycles. The van der Waals surface area contributed by atoms with Crippen LogP contribution in [0.1, 0.15) is 49.9 Å². The van der Waals surface area contributed by atoms with Crippen LogP contribution in [0.5, 0.6) is 0 Å². The fourth-order valence-corrected chi connectivity index (χ4v) is 11.6. The Morgan fingerprint density at radius 1 is 0.348 bits per heavy atom. The molecule has 2 heteroatoms. The van der Waals surface area contributed by atoms with Gasteiger partial charge in [-0.05, 0) is 145 Å². The van der Waals surface area contributed by atoms with Crippen LogP contribution in [0.25, 0.3) is 82.8 Å². The second-order valence-electron chi connectivity index (χ2n) is 19.3. The van der Waals surface area contributed by atoms with Crippen LogP contribution in [0.3, 0.4) is 0 Å². The molecule has 2 aliphatic rings. The van der Waals surface area contributed by atoms with Crippen molar-refractivity contribution < 1.29 is 0 Å². The average molecular weight is 845 g/mol. The molecule has 314 valence electrons. The van der Waals surface area contributed by atoms with E-state index in [2.05, 4.69) is 256 Å². The van der Waals surface area contributed by atoms with E-state index in [-0.39, 0.29) is 10.8 Å². The van der Waals surface area contributed by atoms with E-state index in [0.717, 1.165) is 11.4 Å². The molecule has 1 heterocycles. The normalized spacial score (nSPS) is 14.0. The molecule has 0 fully saturated rings. The summed E-state index contributed by atoms with van der Waals surface area (Å²) in [5, 5.41) is 5.14. The first-order valence-electron chi connectivity index (χ1n) is 23.3. The molecular weight excluding hydrogens is 797 g/mol. The third-order valence-corrected chi connectivity index (χ3v) is 15.0. The maximum Gasteiger partial charge on any atom is 0.0543 e. The van der Waals surface area contributed by atoms with E-state index in [0.29, 0.717) is 0 Å². The lowest BCUT2D eigenvalue weighted by molar-refractivity contribution is 0.652. The van der Waals surface area contributed by atoms with Gasteiger partial charge in [0.25, 0.3) is 0 Å². The van der Waals surface area contributed by atoms with Gasteiger partial charge in [0.05, 0.1) is 16.7 Å². The lowest BCUT2D eigenvalue weighted by Crippen LogP contribution is -2.17. The standard InChI is InChI=1S/C64H48N2/c1-63(2)54-23-15-25-60(62(54)53-40-56-52(39-57(53)63)61-49-21-12-11-18-44(49)30-36-55(61)64(56,3)4)65(47-32-26-42(27-33-47)41-16-7-5-8-17-41)48-34-28-43(29-35-48)45-31-37-59-51(38-45)50-22-13-14-24-58(50)66(59)46-19-9-6-10-20-46/h5-40H,1-4H3. The summed E-state index contributed by atoms with van der Waals surface area (Å²) in [5.74, 6) is 0. The Hall–Kier alpha value is -7.94. The van der Waals surface area contributed by atoms with Crippen molar-refractivity contribution >= 4 is 49.6 Å². The van der Waals surface area contributed by atoms with Gasteiger partial charge in [-0.25, -0.2) is 0 Å². The molecule has 0 radical (unpaired) electrons. The summed E-state index contributed by atoms with van der Waals surface area (Å²) in [6.45, 7) is 9.65. The fourth-order valence-electron chi connectivity index (χ4n) is 11.6. The van der Waals surface area contributed by atoms with Crippen molar-refractivity contribution in [3.8, 4) is 50.2 Å². The molecule has 0 N–H and O–H groups in total. The van der Waals surface area contributed by atoms with E-state index >= 15 is 0 Å². The third-order valence-electron chi connectivity index (χ3n) is 15.0. The van der Waals surface area contributed by atoms with Gasteiger partial charge in [0, 0.05) is 44.2 Å². The van der Waals surface area contributed by atoms with Crippen LogP contribution in [0.2, 0.25) is 0 Å². The zero-order chi connectivity index (χ0) is 44.3. The number of hydrogen-bond donors (Lipinski definition) is 0. The van der Waals surface area contributed by atoms with E-state index in [9.17, 15) is 0 Å². The number of rotatable bonds is 6. The van der Waals surface area contributed by atoms with E-state index in [1.807, 2.05) is 0 Å². The zero-order valence-corrected chi connectivity index (χ0v) is 37.7. The zero-order valence-electron chi connectivity index (χ0n) is 37.7. The minimum Gasteiger partial charge on any atom is -0.310 e. The summed E-state index contributed by atoms with van der Waals surface area (Å²) < 4.78 is 2.38. The predicted molar refractivity (Wildman–Crippen MR) is 279 cm³/mol. The average Bonchev–Trinajstić information content (AvgIpc) is 3.91. The highest BCUT2D eigenvalue weighted by Gasteiger charge is 2.43. The molecule has 0 saturated carbocycles. The van der Waals surface area contributed by atoms with Crippen molar-refractivity contribution in [1.29, 1.82) is 0 Å². The Bertz CT molecular complexity index is 3720. The van der Waals surface area contributed by atoms with Crippen molar-refractivity contribution in [2.45, 2.75) is 38.5 Å². The van der Waals surface area contributed by atoms with Crippen LogP contribution >= 0.6 is 0 Å². The maximum absolute atomic E-state index is 2.56. The second-order valence-corrected chi connectivity index (χ2v) is 19.3. The molecule has 13 rings (SSSR count). The molecule has 0 unspecified atom stereocenters. The molecule has 0 atom stereocenters. The Morgan fingerprint density at radius 2 is 0.879 bits per heavy atom. The minimum atomic E-state index is -0.206. The van der Waals surface area contributed by atoms with Crippen molar-refractivity contribution in [2.24, 2.45) is 0 Å². The number of aromatic nitrogens is 1. The van der Waals surface area contributed by atoms with Gasteiger partial charge < -0.3 is 9.47 Å². The molecule has 66 heavy (non-hydrogen) atoms. The number of fused-ring (bicyclic) bond motifs is 11. The first-order chi connectivity index (χ1) is 32.3. The maximum atomic E-state index is 2.56. The van der Waals surface area contributed by atoms with Gasteiger partial charge >= 0.3 is 0 Å². The SMILES string of the molecule is CC1(C)c2cc3c(cc2-c2c(N(c4ccc(-c5ccccc5)cc4)c4ccc(-c5ccc6c(c5)c5ccccc5n6-c5ccccc5)cc4)cccc21)C(C)(C)c1ccc2ccccc2c1-3. The summed E-state index contributed by atoms with van der Waals surface area (Å²) in [5.41, 5.74) is 22.4. The Balaban J connectivity index is 0.968. The van der Waals surface area contributed by atoms with Crippen LogP contribution in [0.4, 0.5) is 17.1 Å². The molecule has 11 aromatic rings. The molecule has 2 nitrogen and oxygen atoms in total. The Labute approximate surface area is 386 Å². The largest absolute Gasteiger partial charge is 0.310 e. The van der Waals surface area contributed by atoms with Gasteiger partial charge in [0.15, 0.2) is 0 Å². The molecule has 10 aromatic carbocycles. The molecular formula is C64H48N2. The monoisotopic (exact) mass is 844 g/mol. The molecule has 0 amide bonds. The first kappa shape index (κ1) is 38.5. The lowest BCUT2D eigenvalue weighted by atomic mass is 9.79. The highest BCUT2D eigenvalue weighted by atomic mass is 15.1. The summed E-state index contributed by atoms with van der Waals surface area (Å²) in [6.07, 6.45) is 0. The topological polar surface area (TPSA) is 8.17 Å². The van der Waals surface area contributed by atoms with Crippen molar-refractivity contribution in [3.63, 3.8) is 0 Å². The molecule has 0 saturated heterocycles. The number of hydrogen-bond acceptors (Lipinski definition) is 1. The van der Waals surface area contributed by atoms with Gasteiger partial charge in [-0.2, -0.15) is 0 Å². The van der Waals surface area contributed by atoms with Crippen LogP contribution in [-0.4, -0.2) is 4.57 Å². The summed E-state index contributed by atoms with van der Waals surface area (Å²) >= 11 is 0. The van der Waals surface area contributed by atoms with Gasteiger partial charge in [-0.3, -0.25) is 0 Å². The van der Waals surface area contributed by atoms with Crippen LogP contribution in [-0.2, 0) is 10.8 Å². The van der Waals surface area contributed by atoms with Gasteiger partial charge in [-0.1, -0.05) is 173 Å². The van der Waals surface area contributed by atoms with Crippen molar-refractivity contribution in [1.82, 2.24) is 4.57 Å². The summed E-state index contributed by atoms with van der Waals surface area (Å²) in [6, 6.07) is 81.1. The Kier molecular flexibility index (Phi) is 8.33. The summed E-state index contributed by atoms with van der Waals surface area (Å²) in [7, 11) is 0. The molecule has 0 bridgehead atoms. The van der Waals surface area contributed by atoms with Crippen molar-refractivity contribution in [3.05, 3.63) is 241 Å². The van der Waals surface area contributed by atoms with Gasteiger partial charge in [-0.15, -0.1) is 0 Å². The van der Waals surface area contributed by atoms with E-state index < -0.39 is 0 Å². The Morgan fingerprint density at radius 3 is 1.58 bits per heavy atom. The van der Waals surface area contributed by atoms with E-state index in [1.165, 1.54) is 111 Å². The number of benzene rings is 10. The number of para-hydroxylation sites is 2. The second kappa shape index (κ2) is 14.3. The number of nitrogens with zero attached hydrogens (tertiary/aromatic N) is 2. The predicted octanol–water partition coefficient (Wildman–Crippen LogP) is 17.4. The minimum absolute atomic E-state index is 0.145. The fraction of sp³-hybridized carbons (Fsp3) is 0.0938. The summed E-state index contributed by atoms with van der Waals surface area (Å²) in [4.78, 5) is 2.49. The lowest BCUT2D eigenvalue weighted by Gasteiger charge is -2.29. The van der Waals surface area contributed by atoms with Crippen LogP contribution in [0.15, 0.2) is 218 Å². The van der Waals surface area contributed by atoms with Gasteiger partial charge in [0.2, 0.25) is 0 Å². The quantitative estimate of drug-likeness (QED) is 0.162. The molecule has 0 spiro atoms. The van der Waals surface area contributed by atoms with Gasteiger partial charge in [0.1, 0.15) is 0 Å². The van der Waals surface area contributed by atoms with Crippen molar-refractivity contribution in [2.75, 3.05) is 4.90 Å². The number of anilines is 3.